The molecular formula is C23H32N2O5. The molecule has 1 atom stereocenters. The van der Waals surface area contributed by atoms with Gasteiger partial charge in [-0.15, -0.1) is 0 Å². The van der Waals surface area contributed by atoms with Gasteiger partial charge in [0.15, 0.2) is 23.0 Å². The summed E-state index contributed by atoms with van der Waals surface area (Å²) in [6.45, 7) is 3.82. The van der Waals surface area contributed by atoms with Gasteiger partial charge in [0.05, 0.1) is 41.6 Å². The second kappa shape index (κ2) is 10.4. The Morgan fingerprint density at radius 1 is 0.733 bits per heavy atom. The highest BCUT2D eigenvalue weighted by Crippen LogP contribution is 2.46. The van der Waals surface area contributed by atoms with Crippen molar-refractivity contribution in [3.05, 3.63) is 41.5 Å². The molecule has 0 aromatic heterocycles. The summed E-state index contributed by atoms with van der Waals surface area (Å²) < 4.78 is 28.0. The monoisotopic (exact) mass is 416 g/mol. The van der Waals surface area contributed by atoms with Crippen molar-refractivity contribution < 1.29 is 23.7 Å². The van der Waals surface area contributed by atoms with E-state index in [1.807, 2.05) is 18.2 Å². The van der Waals surface area contributed by atoms with E-state index >= 15 is 0 Å². The van der Waals surface area contributed by atoms with Crippen LogP contribution in [0.25, 0.3) is 0 Å². The molecule has 0 saturated carbocycles. The first kappa shape index (κ1) is 22.1. The van der Waals surface area contributed by atoms with E-state index in [2.05, 4.69) is 22.3 Å². The van der Waals surface area contributed by atoms with Crippen LogP contribution in [0.15, 0.2) is 30.3 Å². The second-order valence-electron chi connectivity index (χ2n) is 7.08. The molecule has 0 bridgehead atoms. The first-order valence-electron chi connectivity index (χ1n) is 10.1. The Morgan fingerprint density at radius 3 is 2.10 bits per heavy atom. The van der Waals surface area contributed by atoms with E-state index < -0.39 is 0 Å². The fraction of sp³-hybridized carbons (Fsp3) is 0.478. The number of hydrogen-bond donors (Lipinski definition) is 1. The van der Waals surface area contributed by atoms with Crippen LogP contribution in [-0.2, 0) is 0 Å². The molecule has 2 aromatic carbocycles. The largest absolute Gasteiger partial charge is 0.493 e. The van der Waals surface area contributed by atoms with Gasteiger partial charge < -0.3 is 29.0 Å². The number of methoxy groups -OCH3 is 5. The maximum Gasteiger partial charge on any atom is 0.203 e. The third kappa shape index (κ3) is 4.42. The van der Waals surface area contributed by atoms with Gasteiger partial charge in [0.25, 0.3) is 0 Å². The van der Waals surface area contributed by atoms with E-state index in [-0.39, 0.29) is 6.04 Å². The lowest BCUT2D eigenvalue weighted by molar-refractivity contribution is 0.233. The molecule has 7 nitrogen and oxygen atoms in total. The zero-order valence-electron chi connectivity index (χ0n) is 18.5. The molecule has 30 heavy (non-hydrogen) atoms. The van der Waals surface area contributed by atoms with Crippen molar-refractivity contribution in [2.75, 3.05) is 61.7 Å². The van der Waals surface area contributed by atoms with E-state index in [0.717, 1.165) is 43.7 Å². The zero-order valence-corrected chi connectivity index (χ0v) is 18.5. The summed E-state index contributed by atoms with van der Waals surface area (Å²) in [7, 11) is 8.22. The zero-order chi connectivity index (χ0) is 21.5. The van der Waals surface area contributed by atoms with Crippen molar-refractivity contribution in [1.82, 2.24) is 10.2 Å². The molecule has 1 unspecified atom stereocenters. The summed E-state index contributed by atoms with van der Waals surface area (Å²) in [4.78, 5) is 2.46. The predicted octanol–water partition coefficient (Wildman–Crippen LogP) is 3.11. The Labute approximate surface area is 178 Å². The number of nitrogens with zero attached hydrogens (tertiary/aromatic N) is 1. The fourth-order valence-corrected chi connectivity index (χ4v) is 4.07. The van der Waals surface area contributed by atoms with Crippen molar-refractivity contribution >= 4 is 0 Å². The Bertz CT molecular complexity index is 835. The lowest BCUT2D eigenvalue weighted by Gasteiger charge is -2.33. The van der Waals surface area contributed by atoms with Gasteiger partial charge >= 0.3 is 0 Å². The lowest BCUT2D eigenvalue weighted by atomic mass is 9.94. The van der Waals surface area contributed by atoms with Crippen molar-refractivity contribution in [2.45, 2.75) is 12.5 Å². The smallest absolute Gasteiger partial charge is 0.203 e. The van der Waals surface area contributed by atoms with Gasteiger partial charge in [0.1, 0.15) is 0 Å². The molecule has 0 spiro atoms. The average molecular weight is 417 g/mol. The van der Waals surface area contributed by atoms with Crippen LogP contribution in [0.3, 0.4) is 0 Å². The van der Waals surface area contributed by atoms with Crippen LogP contribution in [0.5, 0.6) is 28.7 Å². The molecular weight excluding hydrogens is 384 g/mol. The molecule has 0 amide bonds. The Hall–Kier alpha value is -2.64. The number of rotatable bonds is 8. The summed E-state index contributed by atoms with van der Waals surface area (Å²) in [5, 5.41) is 3.48. The summed E-state index contributed by atoms with van der Waals surface area (Å²) in [6, 6.07) is 10.0. The van der Waals surface area contributed by atoms with E-state index in [9.17, 15) is 0 Å². The van der Waals surface area contributed by atoms with Gasteiger partial charge in [-0.3, -0.25) is 4.90 Å². The van der Waals surface area contributed by atoms with Gasteiger partial charge in [0, 0.05) is 25.2 Å². The fourth-order valence-electron chi connectivity index (χ4n) is 4.07. The SMILES string of the molecule is COc1ccc(C(c2ccc(OC)c(OC)c2OC)N2CCCNCC2)cc1OC. The standard InChI is InChI=1S/C23H32N2O5/c1-26-18-9-7-16(15-20(18)28-3)21(25-13-6-11-24-12-14-25)17-8-10-19(27-2)23(30-5)22(17)29-4/h7-10,15,21,24H,6,11-14H2,1-5H3. The molecule has 1 fully saturated rings. The molecule has 3 rings (SSSR count). The van der Waals surface area contributed by atoms with Crippen LogP contribution in [0.1, 0.15) is 23.6 Å². The minimum Gasteiger partial charge on any atom is -0.493 e. The number of hydrogen-bond acceptors (Lipinski definition) is 7. The lowest BCUT2D eigenvalue weighted by Crippen LogP contribution is -2.33. The minimum atomic E-state index is -0.0422. The quantitative estimate of drug-likeness (QED) is 0.709. The van der Waals surface area contributed by atoms with Crippen LogP contribution in [0, 0.1) is 0 Å². The molecule has 0 aliphatic carbocycles. The van der Waals surface area contributed by atoms with Gasteiger partial charge in [-0.2, -0.15) is 0 Å². The maximum absolute atomic E-state index is 5.83. The first-order chi connectivity index (χ1) is 14.7. The van der Waals surface area contributed by atoms with E-state index in [0.29, 0.717) is 28.7 Å². The second-order valence-corrected chi connectivity index (χ2v) is 7.08. The normalized spacial score (nSPS) is 15.8. The Balaban J connectivity index is 2.18. The Kier molecular flexibility index (Phi) is 7.65. The van der Waals surface area contributed by atoms with Crippen molar-refractivity contribution in [3.63, 3.8) is 0 Å². The highest BCUT2D eigenvalue weighted by Gasteiger charge is 2.29. The molecule has 2 aromatic rings. The predicted molar refractivity (Wildman–Crippen MR) is 117 cm³/mol. The average Bonchev–Trinajstić information content (AvgIpc) is 3.07. The summed E-state index contributed by atoms with van der Waals surface area (Å²) in [5.41, 5.74) is 2.12. The van der Waals surface area contributed by atoms with E-state index in [1.165, 1.54) is 0 Å². The summed E-state index contributed by atoms with van der Waals surface area (Å²) in [6.07, 6.45) is 1.07. The van der Waals surface area contributed by atoms with Gasteiger partial charge in [0.2, 0.25) is 5.75 Å². The molecule has 0 radical (unpaired) electrons. The minimum absolute atomic E-state index is 0.0422. The third-order valence-corrected chi connectivity index (χ3v) is 5.49. The van der Waals surface area contributed by atoms with Crippen molar-refractivity contribution in [3.8, 4) is 28.7 Å². The maximum atomic E-state index is 5.83. The van der Waals surface area contributed by atoms with Crippen molar-refractivity contribution in [1.29, 1.82) is 0 Å². The van der Waals surface area contributed by atoms with Crippen LogP contribution >= 0.6 is 0 Å². The molecule has 1 saturated heterocycles. The van der Waals surface area contributed by atoms with Gasteiger partial charge in [-0.1, -0.05) is 6.07 Å². The van der Waals surface area contributed by atoms with Crippen LogP contribution in [0.2, 0.25) is 0 Å². The molecule has 1 heterocycles. The molecule has 1 aliphatic heterocycles. The summed E-state index contributed by atoms with van der Waals surface area (Å²) >= 11 is 0. The van der Waals surface area contributed by atoms with Crippen LogP contribution in [0.4, 0.5) is 0 Å². The molecule has 1 aliphatic rings. The van der Waals surface area contributed by atoms with Crippen LogP contribution < -0.4 is 29.0 Å². The number of nitrogens with one attached hydrogen (secondary N) is 1. The highest BCUT2D eigenvalue weighted by atomic mass is 16.5. The Morgan fingerprint density at radius 2 is 1.43 bits per heavy atom. The first-order valence-corrected chi connectivity index (χ1v) is 10.1. The third-order valence-electron chi connectivity index (χ3n) is 5.49. The molecule has 1 N–H and O–H groups in total. The number of benzene rings is 2. The highest BCUT2D eigenvalue weighted by molar-refractivity contribution is 5.59. The van der Waals surface area contributed by atoms with Crippen LogP contribution in [-0.4, -0.2) is 66.6 Å². The van der Waals surface area contributed by atoms with E-state index in [1.54, 1.807) is 35.5 Å². The molecule has 164 valence electrons. The van der Waals surface area contributed by atoms with Crippen molar-refractivity contribution in [2.24, 2.45) is 0 Å². The van der Waals surface area contributed by atoms with E-state index in [4.69, 9.17) is 23.7 Å². The van der Waals surface area contributed by atoms with Gasteiger partial charge in [-0.05, 0) is 42.8 Å². The summed E-state index contributed by atoms with van der Waals surface area (Å²) in [5.74, 6) is 3.32. The number of ether oxygens (including phenoxy) is 5. The van der Waals surface area contributed by atoms with Gasteiger partial charge in [-0.25, -0.2) is 0 Å². The molecule has 7 heteroatoms. The topological polar surface area (TPSA) is 61.4 Å².